The molecule has 0 spiro atoms. The molecule has 0 fully saturated rings. The summed E-state index contributed by atoms with van der Waals surface area (Å²) in [6, 6.07) is 17.4. The van der Waals surface area contributed by atoms with Gasteiger partial charge in [-0.3, -0.25) is 9.78 Å². The molecule has 0 radical (unpaired) electrons. The number of hydrogen-bond donors (Lipinski definition) is 1. The van der Waals surface area contributed by atoms with Crippen molar-refractivity contribution >= 4 is 22.5 Å². The maximum absolute atomic E-state index is 12.5. The highest BCUT2D eigenvalue weighted by atomic mass is 16.5. The van der Waals surface area contributed by atoms with Crippen LogP contribution in [0.25, 0.3) is 10.9 Å². The lowest BCUT2D eigenvalue weighted by atomic mass is 9.96. The molecule has 3 aromatic rings. The first-order valence-electron chi connectivity index (χ1n) is 7.95. The summed E-state index contributed by atoms with van der Waals surface area (Å²) in [6.07, 6.45) is 2.11. The highest BCUT2D eigenvalue weighted by molar-refractivity contribution is 6.00. The van der Waals surface area contributed by atoms with E-state index in [9.17, 15) is 4.79 Å². The number of amides is 1. The Labute approximate surface area is 141 Å². The van der Waals surface area contributed by atoms with Crippen molar-refractivity contribution in [3.05, 3.63) is 66.4 Å². The molecule has 0 aliphatic carbocycles. The molecule has 1 heterocycles. The Hall–Kier alpha value is -2.88. The van der Waals surface area contributed by atoms with Crippen molar-refractivity contribution in [1.82, 2.24) is 4.98 Å². The Bertz CT molecular complexity index is 856. The molecule has 0 aliphatic heterocycles. The van der Waals surface area contributed by atoms with Gasteiger partial charge in [0.25, 0.3) is 0 Å². The van der Waals surface area contributed by atoms with Crippen LogP contribution in [0.4, 0.5) is 5.69 Å². The van der Waals surface area contributed by atoms with E-state index in [4.69, 9.17) is 4.74 Å². The number of para-hydroxylation sites is 2. The van der Waals surface area contributed by atoms with Gasteiger partial charge in [0.2, 0.25) is 5.91 Å². The number of pyridine rings is 1. The third-order valence-electron chi connectivity index (χ3n) is 4.07. The summed E-state index contributed by atoms with van der Waals surface area (Å²) >= 11 is 0. The largest absolute Gasteiger partial charge is 0.496 e. The van der Waals surface area contributed by atoms with Crippen LogP contribution in [0.3, 0.4) is 0 Å². The maximum atomic E-state index is 12.5. The number of anilines is 1. The fraction of sp³-hybridized carbons (Fsp3) is 0.200. The third kappa shape index (κ3) is 3.38. The van der Waals surface area contributed by atoms with Gasteiger partial charge in [-0.05, 0) is 29.7 Å². The van der Waals surface area contributed by atoms with Crippen LogP contribution in [0.5, 0.6) is 5.75 Å². The predicted octanol–water partition coefficient (Wildman–Crippen LogP) is 4.38. The van der Waals surface area contributed by atoms with Gasteiger partial charge in [0.05, 0.1) is 18.3 Å². The van der Waals surface area contributed by atoms with Gasteiger partial charge in [0.1, 0.15) is 5.75 Å². The second-order valence-corrected chi connectivity index (χ2v) is 5.78. The average Bonchev–Trinajstić information content (AvgIpc) is 2.62. The summed E-state index contributed by atoms with van der Waals surface area (Å²) in [5.41, 5.74) is 2.58. The SMILES string of the molecule is COc1ccccc1C(C)CC(=O)Nc1cccc2cccnc12. The summed E-state index contributed by atoms with van der Waals surface area (Å²) in [6.45, 7) is 2.03. The van der Waals surface area contributed by atoms with E-state index in [2.05, 4.69) is 10.3 Å². The van der Waals surface area contributed by atoms with E-state index in [-0.39, 0.29) is 11.8 Å². The van der Waals surface area contributed by atoms with Gasteiger partial charge >= 0.3 is 0 Å². The Morgan fingerprint density at radius 1 is 1.12 bits per heavy atom. The number of aromatic nitrogens is 1. The number of carbonyl (C=O) groups excluding carboxylic acids is 1. The minimum absolute atomic E-state index is 0.0356. The zero-order valence-corrected chi connectivity index (χ0v) is 13.8. The standard InChI is InChI=1S/C20H20N2O2/c1-14(16-9-3-4-11-18(16)24-2)13-19(23)22-17-10-5-7-15-8-6-12-21-20(15)17/h3-12,14H,13H2,1-2H3,(H,22,23). The first-order valence-corrected chi connectivity index (χ1v) is 7.95. The molecule has 2 aromatic carbocycles. The fourth-order valence-electron chi connectivity index (χ4n) is 2.87. The van der Waals surface area contributed by atoms with E-state index in [0.717, 1.165) is 27.9 Å². The van der Waals surface area contributed by atoms with Crippen molar-refractivity contribution in [3.63, 3.8) is 0 Å². The van der Waals surface area contributed by atoms with Crippen molar-refractivity contribution in [2.75, 3.05) is 12.4 Å². The van der Waals surface area contributed by atoms with Gasteiger partial charge in [0.15, 0.2) is 0 Å². The average molecular weight is 320 g/mol. The summed E-state index contributed by atoms with van der Waals surface area (Å²) in [7, 11) is 1.65. The van der Waals surface area contributed by atoms with Gasteiger partial charge < -0.3 is 10.1 Å². The second-order valence-electron chi connectivity index (χ2n) is 5.78. The number of methoxy groups -OCH3 is 1. The first-order chi connectivity index (χ1) is 11.7. The maximum Gasteiger partial charge on any atom is 0.225 e. The normalized spacial score (nSPS) is 11.9. The van der Waals surface area contributed by atoms with Gasteiger partial charge in [-0.2, -0.15) is 0 Å². The molecule has 1 atom stereocenters. The molecular weight excluding hydrogens is 300 g/mol. The second kappa shape index (κ2) is 7.13. The van der Waals surface area contributed by atoms with Crippen molar-refractivity contribution in [2.24, 2.45) is 0 Å². The lowest BCUT2D eigenvalue weighted by Crippen LogP contribution is -2.15. The van der Waals surface area contributed by atoms with Crippen LogP contribution in [0.2, 0.25) is 0 Å². The molecule has 1 aromatic heterocycles. The molecule has 122 valence electrons. The van der Waals surface area contributed by atoms with Crippen molar-refractivity contribution in [1.29, 1.82) is 0 Å². The minimum atomic E-state index is -0.0356. The number of nitrogens with one attached hydrogen (secondary N) is 1. The van der Waals surface area contributed by atoms with E-state index < -0.39 is 0 Å². The molecule has 0 saturated heterocycles. The van der Waals surface area contributed by atoms with Crippen LogP contribution in [0.1, 0.15) is 24.8 Å². The Morgan fingerprint density at radius 2 is 1.92 bits per heavy atom. The van der Waals surface area contributed by atoms with E-state index in [0.29, 0.717) is 6.42 Å². The molecule has 3 rings (SSSR count). The number of fused-ring (bicyclic) bond motifs is 1. The number of nitrogens with zero attached hydrogens (tertiary/aromatic N) is 1. The van der Waals surface area contributed by atoms with Crippen LogP contribution >= 0.6 is 0 Å². The molecule has 1 N–H and O–H groups in total. The number of carbonyl (C=O) groups is 1. The molecule has 1 amide bonds. The first kappa shape index (κ1) is 16.0. The Morgan fingerprint density at radius 3 is 2.75 bits per heavy atom. The molecule has 0 bridgehead atoms. The highest BCUT2D eigenvalue weighted by Crippen LogP contribution is 2.29. The number of benzene rings is 2. The third-order valence-corrected chi connectivity index (χ3v) is 4.07. The van der Waals surface area contributed by atoms with Crippen LogP contribution in [-0.4, -0.2) is 18.0 Å². The molecular formula is C20H20N2O2. The fourth-order valence-corrected chi connectivity index (χ4v) is 2.87. The van der Waals surface area contributed by atoms with Gasteiger partial charge in [0, 0.05) is 18.0 Å². The molecule has 4 nitrogen and oxygen atoms in total. The van der Waals surface area contributed by atoms with Crippen LogP contribution in [-0.2, 0) is 4.79 Å². The van der Waals surface area contributed by atoms with Crippen LogP contribution in [0.15, 0.2) is 60.8 Å². The van der Waals surface area contributed by atoms with Crippen LogP contribution in [0, 0.1) is 0 Å². The Balaban J connectivity index is 1.75. The zero-order chi connectivity index (χ0) is 16.9. The molecule has 4 heteroatoms. The molecule has 1 unspecified atom stereocenters. The summed E-state index contributed by atoms with van der Waals surface area (Å²) in [5.74, 6) is 0.834. The van der Waals surface area contributed by atoms with Gasteiger partial charge in [-0.25, -0.2) is 0 Å². The van der Waals surface area contributed by atoms with Crippen molar-refractivity contribution in [3.8, 4) is 5.75 Å². The molecule has 0 saturated carbocycles. The lowest BCUT2D eigenvalue weighted by Gasteiger charge is -2.15. The predicted molar refractivity (Wildman–Crippen MR) is 96.4 cm³/mol. The molecule has 24 heavy (non-hydrogen) atoms. The van der Waals surface area contributed by atoms with Crippen molar-refractivity contribution < 1.29 is 9.53 Å². The van der Waals surface area contributed by atoms with Gasteiger partial charge in [-0.15, -0.1) is 0 Å². The van der Waals surface area contributed by atoms with E-state index in [1.165, 1.54) is 0 Å². The van der Waals surface area contributed by atoms with Crippen LogP contribution < -0.4 is 10.1 Å². The van der Waals surface area contributed by atoms with Crippen molar-refractivity contribution in [2.45, 2.75) is 19.3 Å². The highest BCUT2D eigenvalue weighted by Gasteiger charge is 2.15. The zero-order valence-electron chi connectivity index (χ0n) is 13.8. The topological polar surface area (TPSA) is 51.2 Å². The number of rotatable bonds is 5. The Kier molecular flexibility index (Phi) is 4.75. The van der Waals surface area contributed by atoms with Gasteiger partial charge in [-0.1, -0.05) is 43.3 Å². The summed E-state index contributed by atoms with van der Waals surface area (Å²) in [4.78, 5) is 16.8. The summed E-state index contributed by atoms with van der Waals surface area (Å²) < 4.78 is 5.38. The molecule has 0 aliphatic rings. The van der Waals surface area contributed by atoms with E-state index >= 15 is 0 Å². The monoisotopic (exact) mass is 320 g/mol. The smallest absolute Gasteiger partial charge is 0.225 e. The minimum Gasteiger partial charge on any atom is -0.496 e. The number of hydrogen-bond acceptors (Lipinski definition) is 3. The number of ether oxygens (including phenoxy) is 1. The van der Waals surface area contributed by atoms with E-state index in [1.807, 2.05) is 61.5 Å². The lowest BCUT2D eigenvalue weighted by molar-refractivity contribution is -0.116. The van der Waals surface area contributed by atoms with E-state index in [1.54, 1.807) is 13.3 Å². The quantitative estimate of drug-likeness (QED) is 0.759. The summed E-state index contributed by atoms with van der Waals surface area (Å²) in [5, 5.41) is 3.99.